The molecule has 6 rings (SSSR count). The molecule has 0 unspecified atom stereocenters. The summed E-state index contributed by atoms with van der Waals surface area (Å²) in [6.45, 7) is 2.41. The van der Waals surface area contributed by atoms with Gasteiger partial charge in [-0.25, -0.2) is 9.18 Å². The van der Waals surface area contributed by atoms with Gasteiger partial charge in [-0.15, -0.1) is 0 Å². The van der Waals surface area contributed by atoms with Crippen molar-refractivity contribution >= 4 is 44.5 Å². The summed E-state index contributed by atoms with van der Waals surface area (Å²) in [5.41, 5.74) is 2.80. The molecule has 6 aromatic rings. The van der Waals surface area contributed by atoms with Crippen LogP contribution in [-0.4, -0.2) is 58.4 Å². The number of ketones is 1. The molecule has 0 aliphatic carbocycles. The Morgan fingerprint density at radius 2 is 1.91 bits per heavy atom. The van der Waals surface area contributed by atoms with Gasteiger partial charge in [0.15, 0.2) is 5.78 Å². The first-order valence-electron chi connectivity index (χ1n) is 14.4. The van der Waals surface area contributed by atoms with Crippen LogP contribution in [-0.2, 0) is 22.5 Å². The van der Waals surface area contributed by atoms with E-state index >= 15 is 4.39 Å². The van der Waals surface area contributed by atoms with Crippen molar-refractivity contribution in [1.29, 1.82) is 0 Å². The average Bonchev–Trinajstić information content (AvgIpc) is 3.60. The molecule has 4 aromatic heterocycles. The SMILES string of the molecule is CCCOC(=O)c1c(-c2ccc[nH]c2=O)c2c3occc3c(F)cc2n1Cc1cc(CC(=O)CN(C)C)nc2ccccc12. The highest BCUT2D eigenvalue weighted by molar-refractivity contribution is 6.17. The van der Waals surface area contributed by atoms with Crippen LogP contribution in [0.25, 0.3) is 43.9 Å². The lowest BCUT2D eigenvalue weighted by molar-refractivity contribution is -0.119. The van der Waals surface area contributed by atoms with Crippen molar-refractivity contribution in [3.63, 3.8) is 0 Å². The summed E-state index contributed by atoms with van der Waals surface area (Å²) in [5.74, 6) is -1.18. The Labute approximate surface area is 251 Å². The fourth-order valence-electron chi connectivity index (χ4n) is 5.74. The number of para-hydroxylation sites is 1. The molecule has 4 heterocycles. The van der Waals surface area contributed by atoms with Crippen molar-refractivity contribution in [2.75, 3.05) is 27.2 Å². The van der Waals surface area contributed by atoms with E-state index in [0.29, 0.717) is 34.1 Å². The minimum Gasteiger partial charge on any atom is -0.463 e. The van der Waals surface area contributed by atoms with E-state index in [9.17, 15) is 14.4 Å². The number of fused-ring (bicyclic) bond motifs is 4. The number of nitrogens with one attached hydrogen (secondary N) is 1. The number of aromatic nitrogens is 3. The Hall–Kier alpha value is -5.09. The summed E-state index contributed by atoms with van der Waals surface area (Å²) in [6.07, 6.45) is 3.60. The highest BCUT2D eigenvalue weighted by atomic mass is 19.1. The minimum absolute atomic E-state index is 0.00634. The molecule has 1 N–H and O–H groups in total. The Kier molecular flexibility index (Phi) is 7.84. The highest BCUT2D eigenvalue weighted by Crippen LogP contribution is 2.41. The molecule has 0 fully saturated rings. The molecule has 2 aromatic carbocycles. The monoisotopic (exact) mass is 594 g/mol. The molecule has 10 heteroatoms. The maximum absolute atomic E-state index is 15.6. The molecule has 0 bridgehead atoms. The zero-order valence-corrected chi connectivity index (χ0v) is 24.6. The number of rotatable bonds is 10. The van der Waals surface area contributed by atoms with Crippen LogP contribution in [0, 0.1) is 5.82 Å². The molecule has 44 heavy (non-hydrogen) atoms. The number of furan rings is 1. The molecule has 0 saturated heterocycles. The maximum atomic E-state index is 15.6. The van der Waals surface area contributed by atoms with E-state index < -0.39 is 17.3 Å². The number of aromatic amines is 1. The molecule has 0 aliphatic rings. The normalized spacial score (nSPS) is 11.7. The van der Waals surface area contributed by atoms with Crippen LogP contribution in [0.5, 0.6) is 0 Å². The van der Waals surface area contributed by atoms with E-state index in [2.05, 4.69) is 4.98 Å². The number of hydrogen-bond donors (Lipinski definition) is 1. The lowest BCUT2D eigenvalue weighted by atomic mass is 10.0. The fraction of sp³-hybridized carbons (Fsp3) is 0.235. The molecule has 224 valence electrons. The van der Waals surface area contributed by atoms with E-state index in [-0.39, 0.29) is 54.1 Å². The van der Waals surface area contributed by atoms with Crippen molar-refractivity contribution in [1.82, 2.24) is 19.4 Å². The number of carbonyl (C=O) groups is 2. The van der Waals surface area contributed by atoms with E-state index in [1.165, 1.54) is 24.6 Å². The molecule has 0 atom stereocenters. The van der Waals surface area contributed by atoms with Crippen molar-refractivity contribution in [2.45, 2.75) is 26.3 Å². The molecule has 9 nitrogen and oxygen atoms in total. The predicted octanol–water partition coefficient (Wildman–Crippen LogP) is 5.72. The highest BCUT2D eigenvalue weighted by Gasteiger charge is 2.30. The Balaban J connectivity index is 1.65. The van der Waals surface area contributed by atoms with Gasteiger partial charge in [0.25, 0.3) is 5.56 Å². The lowest BCUT2D eigenvalue weighted by Gasteiger charge is -2.15. The smallest absolute Gasteiger partial charge is 0.355 e. The second kappa shape index (κ2) is 11.9. The molecular weight excluding hydrogens is 563 g/mol. The van der Waals surface area contributed by atoms with Gasteiger partial charge in [0.1, 0.15) is 17.1 Å². The van der Waals surface area contributed by atoms with Crippen LogP contribution in [0.2, 0.25) is 0 Å². The van der Waals surface area contributed by atoms with Crippen molar-refractivity contribution < 1.29 is 23.1 Å². The molecule has 0 radical (unpaired) electrons. The number of pyridine rings is 2. The summed E-state index contributed by atoms with van der Waals surface area (Å²) in [5, 5.41) is 1.46. The second-order valence-electron chi connectivity index (χ2n) is 11.0. The van der Waals surface area contributed by atoms with Gasteiger partial charge < -0.3 is 23.6 Å². The molecule has 0 spiro atoms. The van der Waals surface area contributed by atoms with Crippen molar-refractivity contribution in [3.05, 3.63) is 100 Å². The van der Waals surface area contributed by atoms with Gasteiger partial charge in [-0.3, -0.25) is 14.6 Å². The van der Waals surface area contributed by atoms with E-state index in [1.807, 2.05) is 51.4 Å². The number of hydrogen-bond acceptors (Lipinski definition) is 7. The number of Topliss-reactive ketones (excluding diaryl/α,β-unsaturated/α-hetero) is 1. The Morgan fingerprint density at radius 3 is 2.68 bits per heavy atom. The van der Waals surface area contributed by atoms with Crippen LogP contribution in [0.1, 0.15) is 35.1 Å². The van der Waals surface area contributed by atoms with Gasteiger partial charge in [-0.1, -0.05) is 25.1 Å². The third-order valence-electron chi connectivity index (χ3n) is 7.49. The number of carbonyl (C=O) groups excluding carboxylic acids is 2. The summed E-state index contributed by atoms with van der Waals surface area (Å²) in [6, 6.07) is 15.5. The number of likely N-dealkylation sites (N-methyl/N-ethyl adjacent to an activating group) is 1. The number of halogens is 1. The maximum Gasteiger partial charge on any atom is 0.355 e. The van der Waals surface area contributed by atoms with E-state index in [0.717, 1.165) is 10.9 Å². The average molecular weight is 595 g/mol. The fourth-order valence-corrected chi connectivity index (χ4v) is 5.74. The van der Waals surface area contributed by atoms with Gasteiger partial charge >= 0.3 is 5.97 Å². The number of nitrogens with zero attached hydrogens (tertiary/aromatic N) is 3. The topological polar surface area (TPSA) is 110 Å². The van der Waals surface area contributed by atoms with Crippen LogP contribution in [0.3, 0.4) is 0 Å². The lowest BCUT2D eigenvalue weighted by Crippen LogP contribution is -2.23. The van der Waals surface area contributed by atoms with Gasteiger partial charge in [0.05, 0.1) is 53.2 Å². The van der Waals surface area contributed by atoms with E-state index in [1.54, 1.807) is 21.6 Å². The molecular formula is C34H31FN4O5. The largest absolute Gasteiger partial charge is 0.463 e. The Bertz CT molecular complexity index is 2110. The molecule has 0 saturated carbocycles. The van der Waals surface area contributed by atoms with Crippen LogP contribution in [0.4, 0.5) is 4.39 Å². The summed E-state index contributed by atoms with van der Waals surface area (Å²) < 4.78 is 28.7. The Morgan fingerprint density at radius 1 is 1.09 bits per heavy atom. The number of esters is 1. The van der Waals surface area contributed by atoms with Crippen LogP contribution >= 0.6 is 0 Å². The van der Waals surface area contributed by atoms with E-state index in [4.69, 9.17) is 14.1 Å². The summed E-state index contributed by atoms with van der Waals surface area (Å²) >= 11 is 0. The number of H-pyrrole nitrogens is 1. The minimum atomic E-state index is -0.652. The van der Waals surface area contributed by atoms with Crippen molar-refractivity contribution in [3.8, 4) is 11.1 Å². The third kappa shape index (κ3) is 5.28. The first-order chi connectivity index (χ1) is 21.3. The standard InChI is InChI=1S/C34H31FN4O5/c1-4-13-44-34(42)31-29(25-9-7-12-36-33(25)41)30-28(17-26(35)24-11-14-43-32(24)30)39(31)18-20-15-21(16-22(40)19-38(2)3)37-27-10-6-5-8-23(20)27/h5-12,14-15,17H,4,13,16,18-19H2,1-3H3,(H,36,41). The number of benzene rings is 2. The van der Waals surface area contributed by atoms with Crippen LogP contribution in [0.15, 0.2) is 76.3 Å². The first-order valence-corrected chi connectivity index (χ1v) is 14.4. The van der Waals surface area contributed by atoms with Gasteiger partial charge in [-0.2, -0.15) is 0 Å². The van der Waals surface area contributed by atoms with Gasteiger partial charge in [0, 0.05) is 29.4 Å². The van der Waals surface area contributed by atoms with Crippen LogP contribution < -0.4 is 5.56 Å². The zero-order chi connectivity index (χ0) is 31.0. The second-order valence-corrected chi connectivity index (χ2v) is 11.0. The summed E-state index contributed by atoms with van der Waals surface area (Å²) in [4.78, 5) is 49.0. The first kappa shape index (κ1) is 29.0. The predicted molar refractivity (Wildman–Crippen MR) is 166 cm³/mol. The molecule has 0 amide bonds. The van der Waals surface area contributed by atoms with Gasteiger partial charge in [0.2, 0.25) is 0 Å². The third-order valence-corrected chi connectivity index (χ3v) is 7.49. The quantitative estimate of drug-likeness (QED) is 0.202. The zero-order valence-electron chi connectivity index (χ0n) is 24.6. The number of ether oxygens (including phenoxy) is 1. The van der Waals surface area contributed by atoms with Gasteiger partial charge in [-0.05, 0) is 62.5 Å². The van der Waals surface area contributed by atoms with Crippen molar-refractivity contribution in [2.24, 2.45) is 0 Å². The molecule has 0 aliphatic heterocycles. The summed E-state index contributed by atoms with van der Waals surface area (Å²) in [7, 11) is 3.66.